The maximum absolute atomic E-state index is 2.42. The molecule has 27 heavy (non-hydrogen) atoms. The van der Waals surface area contributed by atoms with Crippen molar-refractivity contribution in [2.45, 2.75) is 167 Å². The zero-order chi connectivity index (χ0) is 20.0. The zero-order valence-corrected chi connectivity index (χ0v) is 20.5. The minimum Gasteiger partial charge on any atom is -0.155 e. The monoisotopic (exact) mass is 398 g/mol. The van der Waals surface area contributed by atoms with Gasteiger partial charge in [-0.15, -0.1) is 0 Å². The molecule has 2 unspecified atom stereocenters. The molecule has 0 aromatic rings. The van der Waals surface area contributed by atoms with Gasteiger partial charge in [-0.25, -0.2) is 0 Å². The van der Waals surface area contributed by atoms with E-state index in [0.29, 0.717) is 0 Å². The second kappa shape index (κ2) is 22.6. The summed E-state index contributed by atoms with van der Waals surface area (Å²) in [4.78, 5) is 0. The van der Waals surface area contributed by atoms with Gasteiger partial charge in [0.15, 0.2) is 0 Å². The SMILES string of the molecule is CCCCCCCC(CCCCC)SC(CCCCC)CCCCCCC. The van der Waals surface area contributed by atoms with Crippen LogP contribution in [0.5, 0.6) is 0 Å². The highest BCUT2D eigenvalue weighted by atomic mass is 32.2. The van der Waals surface area contributed by atoms with E-state index < -0.39 is 0 Å². The topological polar surface area (TPSA) is 0 Å². The number of hydrogen-bond donors (Lipinski definition) is 0. The normalized spacial score (nSPS) is 13.8. The first-order valence-corrected chi connectivity index (χ1v) is 13.9. The van der Waals surface area contributed by atoms with Gasteiger partial charge in [0, 0.05) is 10.5 Å². The standard InChI is InChI=1S/C26H54S/c1-5-9-13-15-19-23-25(21-17-11-7-3)27-26(22-18-12-8-4)24-20-16-14-10-6-2/h25-26H,5-24H2,1-4H3. The molecule has 0 saturated carbocycles. The number of thioether (sulfide) groups is 1. The average molecular weight is 399 g/mol. The number of unbranched alkanes of at least 4 members (excludes halogenated alkanes) is 12. The Bertz CT molecular complexity index is 237. The van der Waals surface area contributed by atoms with Gasteiger partial charge in [0.25, 0.3) is 0 Å². The van der Waals surface area contributed by atoms with Crippen LogP contribution in [0.3, 0.4) is 0 Å². The second-order valence-electron chi connectivity index (χ2n) is 8.78. The first-order valence-electron chi connectivity index (χ1n) is 12.9. The first kappa shape index (κ1) is 27.4. The van der Waals surface area contributed by atoms with Crippen molar-refractivity contribution in [1.29, 1.82) is 0 Å². The molecule has 0 aromatic carbocycles. The molecule has 0 saturated heterocycles. The molecule has 0 bridgehead atoms. The average Bonchev–Trinajstić information content (AvgIpc) is 2.67. The van der Waals surface area contributed by atoms with Crippen LogP contribution in [-0.2, 0) is 0 Å². The lowest BCUT2D eigenvalue weighted by molar-refractivity contribution is 0.546. The fourth-order valence-corrected chi connectivity index (χ4v) is 5.78. The van der Waals surface area contributed by atoms with Crippen molar-refractivity contribution in [3.8, 4) is 0 Å². The Balaban J connectivity index is 4.37. The van der Waals surface area contributed by atoms with Gasteiger partial charge in [0.1, 0.15) is 0 Å². The lowest BCUT2D eigenvalue weighted by atomic mass is 10.0. The van der Waals surface area contributed by atoms with Gasteiger partial charge in [-0.3, -0.25) is 0 Å². The Morgan fingerprint density at radius 2 is 0.630 bits per heavy atom. The summed E-state index contributed by atoms with van der Waals surface area (Å²) in [6.45, 7) is 9.34. The first-order chi connectivity index (χ1) is 13.3. The van der Waals surface area contributed by atoms with Crippen LogP contribution in [0.1, 0.15) is 156 Å². The van der Waals surface area contributed by atoms with E-state index in [9.17, 15) is 0 Å². The summed E-state index contributed by atoms with van der Waals surface area (Å²) in [5, 5.41) is 1.89. The van der Waals surface area contributed by atoms with Gasteiger partial charge in [0.05, 0.1) is 0 Å². The molecule has 1 heteroatoms. The summed E-state index contributed by atoms with van der Waals surface area (Å²) in [5.41, 5.74) is 0. The second-order valence-corrected chi connectivity index (χ2v) is 10.4. The third-order valence-electron chi connectivity index (χ3n) is 5.90. The van der Waals surface area contributed by atoms with Gasteiger partial charge in [-0.1, -0.05) is 130 Å². The fraction of sp³-hybridized carbons (Fsp3) is 1.00. The summed E-state index contributed by atoms with van der Waals surface area (Å²) in [6, 6.07) is 0. The van der Waals surface area contributed by atoms with Crippen LogP contribution in [0, 0.1) is 0 Å². The molecule has 0 N–H and O–H groups in total. The minimum absolute atomic E-state index is 0.945. The van der Waals surface area contributed by atoms with Crippen LogP contribution in [0.15, 0.2) is 0 Å². The maximum atomic E-state index is 2.42. The third-order valence-corrected chi connectivity index (χ3v) is 7.62. The molecule has 2 atom stereocenters. The van der Waals surface area contributed by atoms with Gasteiger partial charge < -0.3 is 0 Å². The van der Waals surface area contributed by atoms with E-state index in [1.165, 1.54) is 128 Å². The molecule has 0 fully saturated rings. The Morgan fingerprint density at radius 1 is 0.370 bits per heavy atom. The van der Waals surface area contributed by atoms with Crippen LogP contribution < -0.4 is 0 Å². The zero-order valence-electron chi connectivity index (χ0n) is 19.7. The summed E-state index contributed by atoms with van der Waals surface area (Å²) in [5.74, 6) is 0. The van der Waals surface area contributed by atoms with Crippen molar-refractivity contribution in [3.63, 3.8) is 0 Å². The van der Waals surface area contributed by atoms with Gasteiger partial charge >= 0.3 is 0 Å². The van der Waals surface area contributed by atoms with E-state index in [0.717, 1.165) is 10.5 Å². The smallest absolute Gasteiger partial charge is 0.00498 e. The van der Waals surface area contributed by atoms with Crippen LogP contribution >= 0.6 is 11.8 Å². The van der Waals surface area contributed by atoms with E-state index in [1.54, 1.807) is 0 Å². The molecular weight excluding hydrogens is 344 g/mol. The summed E-state index contributed by atoms with van der Waals surface area (Å²) in [7, 11) is 0. The molecule has 0 radical (unpaired) electrons. The summed E-state index contributed by atoms with van der Waals surface area (Å²) >= 11 is 2.42. The molecule has 0 nitrogen and oxygen atoms in total. The van der Waals surface area contributed by atoms with Gasteiger partial charge in [-0.05, 0) is 25.7 Å². The lowest BCUT2D eigenvalue weighted by Gasteiger charge is -2.24. The highest BCUT2D eigenvalue weighted by Crippen LogP contribution is 2.33. The van der Waals surface area contributed by atoms with Crippen molar-refractivity contribution in [1.82, 2.24) is 0 Å². The number of rotatable bonds is 22. The molecular formula is C26H54S. The van der Waals surface area contributed by atoms with Crippen LogP contribution in [0.4, 0.5) is 0 Å². The molecule has 0 rings (SSSR count). The highest BCUT2D eigenvalue weighted by molar-refractivity contribution is 8.00. The van der Waals surface area contributed by atoms with E-state index in [2.05, 4.69) is 39.5 Å². The predicted molar refractivity (Wildman–Crippen MR) is 130 cm³/mol. The largest absolute Gasteiger partial charge is 0.155 e. The quantitative estimate of drug-likeness (QED) is 0.163. The Morgan fingerprint density at radius 3 is 0.963 bits per heavy atom. The molecule has 0 aliphatic heterocycles. The third kappa shape index (κ3) is 19.4. The van der Waals surface area contributed by atoms with Crippen molar-refractivity contribution in [2.75, 3.05) is 0 Å². The van der Waals surface area contributed by atoms with E-state index in [4.69, 9.17) is 0 Å². The molecule has 0 aromatic heterocycles. The molecule has 0 aliphatic carbocycles. The molecule has 0 heterocycles. The Kier molecular flexibility index (Phi) is 22.9. The van der Waals surface area contributed by atoms with Gasteiger partial charge in [-0.2, -0.15) is 11.8 Å². The molecule has 0 amide bonds. The van der Waals surface area contributed by atoms with Crippen LogP contribution in [0.25, 0.3) is 0 Å². The summed E-state index contributed by atoms with van der Waals surface area (Å²) < 4.78 is 0. The number of hydrogen-bond acceptors (Lipinski definition) is 1. The summed E-state index contributed by atoms with van der Waals surface area (Å²) in [6.07, 6.45) is 28.9. The predicted octanol–water partition coefficient (Wildman–Crippen LogP) is 10.3. The van der Waals surface area contributed by atoms with Crippen molar-refractivity contribution >= 4 is 11.8 Å². The lowest BCUT2D eigenvalue weighted by Crippen LogP contribution is -2.12. The molecule has 0 aliphatic rings. The van der Waals surface area contributed by atoms with Crippen LogP contribution in [0.2, 0.25) is 0 Å². The maximum Gasteiger partial charge on any atom is 0.00498 e. The van der Waals surface area contributed by atoms with E-state index in [-0.39, 0.29) is 0 Å². The van der Waals surface area contributed by atoms with E-state index >= 15 is 0 Å². The highest BCUT2D eigenvalue weighted by Gasteiger charge is 2.16. The minimum atomic E-state index is 0.945. The fourth-order valence-electron chi connectivity index (χ4n) is 4.03. The van der Waals surface area contributed by atoms with Crippen molar-refractivity contribution in [3.05, 3.63) is 0 Å². The van der Waals surface area contributed by atoms with Gasteiger partial charge in [0.2, 0.25) is 0 Å². The molecule has 0 spiro atoms. The van der Waals surface area contributed by atoms with Crippen molar-refractivity contribution in [2.24, 2.45) is 0 Å². The van der Waals surface area contributed by atoms with Crippen LogP contribution in [-0.4, -0.2) is 10.5 Å². The Hall–Kier alpha value is 0.350. The Labute approximate surface area is 178 Å². The van der Waals surface area contributed by atoms with E-state index in [1.807, 2.05) is 0 Å². The van der Waals surface area contributed by atoms with Crippen molar-refractivity contribution < 1.29 is 0 Å². The molecule has 164 valence electrons.